The van der Waals surface area contributed by atoms with E-state index in [1.807, 2.05) is 4.90 Å². The van der Waals surface area contributed by atoms with Crippen molar-refractivity contribution in [1.82, 2.24) is 9.80 Å². The summed E-state index contributed by atoms with van der Waals surface area (Å²) in [6.45, 7) is 1.78. The van der Waals surface area contributed by atoms with Crippen molar-refractivity contribution in [2.24, 2.45) is 10.2 Å². The number of phenols is 1. The third kappa shape index (κ3) is 4.52. The van der Waals surface area contributed by atoms with Gasteiger partial charge in [0.25, 0.3) is 0 Å². The van der Waals surface area contributed by atoms with E-state index in [0.29, 0.717) is 42.8 Å². The van der Waals surface area contributed by atoms with Crippen LogP contribution in [0, 0.1) is 0 Å². The summed E-state index contributed by atoms with van der Waals surface area (Å²) in [4.78, 5) is 14.4. The molecule has 10 nitrogen and oxygen atoms in total. The number of carboxylic acid groups (broad SMARTS) is 1. The highest BCUT2D eigenvalue weighted by Gasteiger charge is 2.32. The molecule has 0 aliphatic carbocycles. The van der Waals surface area contributed by atoms with Crippen molar-refractivity contribution >= 4 is 34.5 Å². The number of halogens is 3. The summed E-state index contributed by atoms with van der Waals surface area (Å²) in [5.74, 6) is -0.753. The second-order valence-electron chi connectivity index (χ2n) is 8.26. The third-order valence-electron chi connectivity index (χ3n) is 5.97. The molecule has 3 heterocycles. The average molecular weight is 504 g/mol. The fraction of sp³-hybridized carbons (Fsp3) is 0.261. The van der Waals surface area contributed by atoms with E-state index in [0.717, 1.165) is 12.1 Å². The van der Waals surface area contributed by atoms with Crippen LogP contribution >= 0.6 is 0 Å². The fourth-order valence-corrected chi connectivity index (χ4v) is 4.18. The van der Waals surface area contributed by atoms with Gasteiger partial charge in [-0.1, -0.05) is 0 Å². The van der Waals surface area contributed by atoms with E-state index >= 15 is 0 Å². The average Bonchev–Trinajstić information content (AvgIpc) is 3.36. The first-order valence-electron chi connectivity index (χ1n) is 10.8. The van der Waals surface area contributed by atoms with Gasteiger partial charge in [-0.15, -0.1) is 23.4 Å². The molecule has 1 saturated heterocycles. The van der Waals surface area contributed by atoms with Crippen molar-refractivity contribution in [3.63, 3.8) is 0 Å². The molecule has 2 aliphatic rings. The number of nitrogens with zero attached hydrogens (tertiary/aromatic N) is 4. The smallest absolute Gasteiger partial charge is 0.507 e. The standard InChI is InChI=1S/C23H19F3N4O6/c24-23(25,26)36-12-1-3-16-14(9-12)17(28-27-16)10-19-20(32)13-2-4-18(31)15(21(13)35-19)11-29-5-7-30(8-6-29)22(33)34/h1-4,9-10,31-32H,5-8,11H2,(H,33,34). The van der Waals surface area contributed by atoms with E-state index in [1.54, 1.807) is 0 Å². The van der Waals surface area contributed by atoms with Crippen LogP contribution < -0.4 is 4.74 Å². The van der Waals surface area contributed by atoms with Crippen LogP contribution in [0.3, 0.4) is 0 Å². The van der Waals surface area contributed by atoms with E-state index in [1.165, 1.54) is 29.2 Å². The van der Waals surface area contributed by atoms with Crippen LogP contribution in [0.4, 0.5) is 23.7 Å². The minimum absolute atomic E-state index is 0.0171. The van der Waals surface area contributed by atoms with Crippen LogP contribution in [0.25, 0.3) is 22.7 Å². The Labute approximate surface area is 201 Å². The lowest BCUT2D eigenvalue weighted by molar-refractivity contribution is -0.274. The number of alkyl halides is 3. The lowest BCUT2D eigenvalue weighted by Crippen LogP contribution is -2.47. The molecule has 0 spiro atoms. The highest BCUT2D eigenvalue weighted by atomic mass is 19.4. The quantitative estimate of drug-likeness (QED) is 0.449. The summed E-state index contributed by atoms with van der Waals surface area (Å²) < 4.78 is 47.7. The van der Waals surface area contributed by atoms with E-state index < -0.39 is 18.2 Å². The first-order valence-corrected chi connectivity index (χ1v) is 10.8. The zero-order valence-corrected chi connectivity index (χ0v) is 18.5. The Hall–Kier alpha value is -4.26. The number of phenolic OH excluding ortho intramolecular Hbond substituents is 1. The zero-order valence-electron chi connectivity index (χ0n) is 18.5. The molecular weight excluding hydrogens is 485 g/mol. The van der Waals surface area contributed by atoms with Crippen molar-refractivity contribution < 1.29 is 42.4 Å². The van der Waals surface area contributed by atoms with Crippen LogP contribution in [0.2, 0.25) is 0 Å². The normalized spacial score (nSPS) is 17.2. The van der Waals surface area contributed by atoms with E-state index in [2.05, 4.69) is 15.0 Å². The molecule has 0 radical (unpaired) electrons. The number of hydrogen-bond acceptors (Lipinski definition) is 8. The summed E-state index contributed by atoms with van der Waals surface area (Å²) >= 11 is 0. The topological polar surface area (TPSA) is 131 Å². The number of hydrogen-bond donors (Lipinski definition) is 3. The molecule has 1 aromatic heterocycles. The van der Waals surface area contributed by atoms with Crippen molar-refractivity contribution in [1.29, 1.82) is 0 Å². The SMILES string of the molecule is O=C(O)N1CCN(Cc2c(O)ccc3c(O)c(C=C4N=Nc5ccc(OC(F)(F)F)cc54)oc23)CC1. The van der Waals surface area contributed by atoms with Crippen molar-refractivity contribution in [2.75, 3.05) is 26.2 Å². The van der Waals surface area contributed by atoms with Gasteiger partial charge in [0.2, 0.25) is 0 Å². The predicted molar refractivity (Wildman–Crippen MR) is 120 cm³/mol. The summed E-state index contributed by atoms with van der Waals surface area (Å²) in [6, 6.07) is 6.50. The van der Waals surface area contributed by atoms with Crippen LogP contribution in [0.1, 0.15) is 16.9 Å². The molecule has 0 atom stereocenters. The van der Waals surface area contributed by atoms with Crippen LogP contribution in [-0.4, -0.2) is 63.8 Å². The molecule has 188 valence electrons. The minimum atomic E-state index is -4.86. The highest BCUT2D eigenvalue weighted by molar-refractivity contribution is 5.95. The molecule has 2 aliphatic heterocycles. The molecule has 5 rings (SSSR count). The van der Waals surface area contributed by atoms with Gasteiger partial charge in [-0.3, -0.25) is 4.90 Å². The maximum Gasteiger partial charge on any atom is 0.573 e. The number of azo groups is 1. The number of rotatable bonds is 4. The first kappa shape index (κ1) is 23.5. The molecule has 36 heavy (non-hydrogen) atoms. The maximum absolute atomic E-state index is 12.6. The minimum Gasteiger partial charge on any atom is -0.507 e. The number of benzene rings is 2. The predicted octanol–water partition coefficient (Wildman–Crippen LogP) is 5.13. The van der Waals surface area contributed by atoms with E-state index in [4.69, 9.17) is 9.52 Å². The number of carbonyl (C=O) groups is 1. The third-order valence-corrected chi connectivity index (χ3v) is 5.97. The van der Waals surface area contributed by atoms with E-state index in [-0.39, 0.29) is 40.6 Å². The molecule has 2 aromatic carbocycles. The van der Waals surface area contributed by atoms with Gasteiger partial charge >= 0.3 is 12.5 Å². The molecule has 0 unspecified atom stereocenters. The molecule has 0 saturated carbocycles. The Morgan fingerprint density at radius 2 is 1.86 bits per heavy atom. The molecule has 13 heteroatoms. The summed E-state index contributed by atoms with van der Waals surface area (Å²) in [5, 5.41) is 38.6. The lowest BCUT2D eigenvalue weighted by atomic mass is 10.1. The second kappa shape index (κ2) is 8.75. The Kier molecular flexibility index (Phi) is 5.71. The van der Waals surface area contributed by atoms with Crippen molar-refractivity contribution in [3.05, 3.63) is 47.2 Å². The molecule has 3 N–H and O–H groups in total. The molecule has 3 aromatic rings. The number of amides is 1. The van der Waals surface area contributed by atoms with Gasteiger partial charge in [0.1, 0.15) is 17.1 Å². The summed E-state index contributed by atoms with van der Waals surface area (Å²) in [5.41, 5.74) is 1.37. The maximum atomic E-state index is 12.6. The first-order chi connectivity index (χ1) is 17.1. The van der Waals surface area contributed by atoms with Crippen molar-refractivity contribution in [2.45, 2.75) is 12.9 Å². The second-order valence-corrected chi connectivity index (χ2v) is 8.26. The number of ether oxygens (including phenoxy) is 1. The van der Waals surface area contributed by atoms with Crippen LogP contribution in [0.5, 0.6) is 17.2 Å². The molecular formula is C23H19F3N4O6. The fourth-order valence-electron chi connectivity index (χ4n) is 4.18. The van der Waals surface area contributed by atoms with Gasteiger partial charge < -0.3 is 29.4 Å². The van der Waals surface area contributed by atoms with Gasteiger partial charge in [-0.2, -0.15) is 0 Å². The molecule has 1 amide bonds. The Bertz CT molecular complexity index is 1410. The Balaban J connectivity index is 1.46. The summed E-state index contributed by atoms with van der Waals surface area (Å²) in [7, 11) is 0. The number of furan rings is 1. The van der Waals surface area contributed by atoms with E-state index in [9.17, 15) is 28.2 Å². The Morgan fingerprint density at radius 3 is 2.56 bits per heavy atom. The number of piperazine rings is 1. The van der Waals surface area contributed by atoms with Gasteiger partial charge in [0.15, 0.2) is 11.5 Å². The van der Waals surface area contributed by atoms with Crippen molar-refractivity contribution in [3.8, 4) is 17.2 Å². The summed E-state index contributed by atoms with van der Waals surface area (Å²) in [6.07, 6.45) is -4.51. The molecule has 0 bridgehead atoms. The van der Waals surface area contributed by atoms with Crippen LogP contribution in [0.15, 0.2) is 45.0 Å². The monoisotopic (exact) mass is 504 g/mol. The largest absolute Gasteiger partial charge is 0.573 e. The van der Waals surface area contributed by atoms with Gasteiger partial charge in [-0.05, 0) is 30.3 Å². The van der Waals surface area contributed by atoms with Crippen LogP contribution in [-0.2, 0) is 6.54 Å². The van der Waals surface area contributed by atoms with Gasteiger partial charge in [-0.25, -0.2) is 4.79 Å². The Morgan fingerprint density at radius 1 is 1.11 bits per heavy atom. The highest BCUT2D eigenvalue weighted by Crippen LogP contribution is 2.43. The lowest BCUT2D eigenvalue weighted by Gasteiger charge is -2.33. The number of aromatic hydroxyl groups is 2. The van der Waals surface area contributed by atoms with Gasteiger partial charge in [0.05, 0.1) is 22.3 Å². The molecule has 1 fully saturated rings. The van der Waals surface area contributed by atoms with Gasteiger partial charge in [0, 0.05) is 44.4 Å². The zero-order chi connectivity index (χ0) is 25.6. The number of fused-ring (bicyclic) bond motifs is 2.